The SMILES string of the molecule is C=C(Cl)CS(=O)(=O)c1cccc(C(=O)O)c1. The highest BCUT2D eigenvalue weighted by atomic mass is 35.5. The van der Waals surface area contributed by atoms with Gasteiger partial charge in [-0.15, -0.1) is 0 Å². The fourth-order valence-electron chi connectivity index (χ4n) is 1.11. The Hall–Kier alpha value is -1.33. The molecule has 1 aromatic carbocycles. The summed E-state index contributed by atoms with van der Waals surface area (Å²) in [5, 5.41) is 8.71. The van der Waals surface area contributed by atoms with Crippen molar-refractivity contribution < 1.29 is 18.3 Å². The molecule has 0 fully saturated rings. The molecule has 0 spiro atoms. The number of carbonyl (C=O) groups is 1. The Bertz CT molecular complexity index is 534. The maximum atomic E-state index is 11.7. The topological polar surface area (TPSA) is 71.4 Å². The van der Waals surface area contributed by atoms with Crippen molar-refractivity contribution >= 4 is 27.4 Å². The number of carboxylic acids is 1. The van der Waals surface area contributed by atoms with Crippen molar-refractivity contribution in [1.82, 2.24) is 0 Å². The van der Waals surface area contributed by atoms with Crippen LogP contribution in [0.5, 0.6) is 0 Å². The van der Waals surface area contributed by atoms with E-state index in [4.69, 9.17) is 16.7 Å². The average Bonchev–Trinajstić information content (AvgIpc) is 2.16. The molecule has 1 N–H and O–H groups in total. The van der Waals surface area contributed by atoms with Crippen LogP contribution in [-0.4, -0.2) is 25.2 Å². The largest absolute Gasteiger partial charge is 0.478 e. The van der Waals surface area contributed by atoms with Crippen LogP contribution < -0.4 is 0 Å². The van der Waals surface area contributed by atoms with Crippen LogP contribution in [0, 0.1) is 0 Å². The lowest BCUT2D eigenvalue weighted by atomic mass is 10.2. The summed E-state index contributed by atoms with van der Waals surface area (Å²) in [4.78, 5) is 10.6. The molecule has 0 radical (unpaired) electrons. The van der Waals surface area contributed by atoms with Crippen LogP contribution in [0.2, 0.25) is 0 Å². The van der Waals surface area contributed by atoms with Crippen molar-refractivity contribution in [2.75, 3.05) is 5.75 Å². The van der Waals surface area contributed by atoms with E-state index >= 15 is 0 Å². The highest BCUT2D eigenvalue weighted by molar-refractivity contribution is 7.91. The van der Waals surface area contributed by atoms with Gasteiger partial charge in [0.05, 0.1) is 16.2 Å². The van der Waals surface area contributed by atoms with Crippen LogP contribution in [0.3, 0.4) is 0 Å². The van der Waals surface area contributed by atoms with E-state index in [2.05, 4.69) is 6.58 Å². The van der Waals surface area contributed by atoms with E-state index in [9.17, 15) is 13.2 Å². The van der Waals surface area contributed by atoms with Crippen molar-refractivity contribution in [1.29, 1.82) is 0 Å². The first-order valence-electron chi connectivity index (χ1n) is 4.22. The van der Waals surface area contributed by atoms with Gasteiger partial charge in [0.25, 0.3) is 0 Å². The molecule has 86 valence electrons. The molecular weight excluding hydrogens is 252 g/mol. The van der Waals surface area contributed by atoms with Crippen molar-refractivity contribution in [3.8, 4) is 0 Å². The zero-order valence-corrected chi connectivity index (χ0v) is 9.75. The third-order valence-corrected chi connectivity index (χ3v) is 3.78. The van der Waals surface area contributed by atoms with Crippen LogP contribution in [-0.2, 0) is 9.84 Å². The summed E-state index contributed by atoms with van der Waals surface area (Å²) < 4.78 is 23.4. The normalized spacial score (nSPS) is 11.1. The molecule has 1 aromatic rings. The van der Waals surface area contributed by atoms with Gasteiger partial charge in [0, 0.05) is 5.03 Å². The Labute approximate surface area is 98.1 Å². The molecule has 1 rings (SSSR count). The zero-order chi connectivity index (χ0) is 12.3. The van der Waals surface area contributed by atoms with Gasteiger partial charge in [-0.25, -0.2) is 13.2 Å². The summed E-state index contributed by atoms with van der Waals surface area (Å²) in [6.07, 6.45) is 0. The first-order valence-corrected chi connectivity index (χ1v) is 6.25. The van der Waals surface area contributed by atoms with E-state index in [-0.39, 0.29) is 15.5 Å². The maximum absolute atomic E-state index is 11.7. The molecule has 6 heteroatoms. The number of carboxylic acid groups (broad SMARTS) is 1. The smallest absolute Gasteiger partial charge is 0.335 e. The predicted molar refractivity (Wildman–Crippen MR) is 60.4 cm³/mol. The molecule has 0 amide bonds. The lowest BCUT2D eigenvalue weighted by molar-refractivity contribution is 0.0696. The van der Waals surface area contributed by atoms with Gasteiger partial charge < -0.3 is 5.11 Å². The third-order valence-electron chi connectivity index (χ3n) is 1.79. The monoisotopic (exact) mass is 260 g/mol. The minimum absolute atomic E-state index is 0.0132. The van der Waals surface area contributed by atoms with E-state index in [1.165, 1.54) is 18.2 Å². The summed E-state index contributed by atoms with van der Waals surface area (Å²) in [5.41, 5.74) is -0.0822. The first-order chi connectivity index (χ1) is 7.33. The number of hydrogen-bond donors (Lipinski definition) is 1. The number of aromatic carboxylic acids is 1. The molecule has 16 heavy (non-hydrogen) atoms. The number of rotatable bonds is 4. The maximum Gasteiger partial charge on any atom is 0.335 e. The fourth-order valence-corrected chi connectivity index (χ4v) is 2.71. The van der Waals surface area contributed by atoms with Crippen molar-refractivity contribution in [2.24, 2.45) is 0 Å². The van der Waals surface area contributed by atoms with Gasteiger partial charge in [-0.2, -0.15) is 0 Å². The van der Waals surface area contributed by atoms with Crippen molar-refractivity contribution in [3.05, 3.63) is 41.4 Å². The number of benzene rings is 1. The molecule has 0 aromatic heterocycles. The zero-order valence-electron chi connectivity index (χ0n) is 8.18. The Kier molecular flexibility index (Phi) is 3.72. The second-order valence-corrected chi connectivity index (χ2v) is 5.63. The van der Waals surface area contributed by atoms with E-state index in [1.807, 2.05) is 0 Å². The van der Waals surface area contributed by atoms with E-state index < -0.39 is 21.6 Å². The van der Waals surface area contributed by atoms with Gasteiger partial charge >= 0.3 is 5.97 Å². The van der Waals surface area contributed by atoms with Crippen LogP contribution in [0.4, 0.5) is 0 Å². The summed E-state index contributed by atoms with van der Waals surface area (Å²) >= 11 is 5.42. The Morgan fingerprint density at radius 1 is 1.44 bits per heavy atom. The molecule has 0 atom stereocenters. The first kappa shape index (κ1) is 12.7. The Morgan fingerprint density at radius 3 is 2.56 bits per heavy atom. The van der Waals surface area contributed by atoms with Crippen LogP contribution in [0.25, 0.3) is 0 Å². The molecule has 0 saturated carbocycles. The van der Waals surface area contributed by atoms with Gasteiger partial charge in [-0.3, -0.25) is 0 Å². The molecule has 0 aliphatic heterocycles. The number of hydrogen-bond acceptors (Lipinski definition) is 3. The van der Waals surface area contributed by atoms with Gasteiger partial charge in [0.15, 0.2) is 9.84 Å². The molecule has 0 bridgehead atoms. The van der Waals surface area contributed by atoms with Crippen LogP contribution in [0.15, 0.2) is 40.8 Å². The van der Waals surface area contributed by atoms with Gasteiger partial charge in [-0.1, -0.05) is 24.2 Å². The van der Waals surface area contributed by atoms with Crippen molar-refractivity contribution in [3.63, 3.8) is 0 Å². The summed E-state index contributed by atoms with van der Waals surface area (Å²) in [5.74, 6) is -1.58. The molecular formula is C10H9ClO4S. The van der Waals surface area contributed by atoms with Crippen LogP contribution >= 0.6 is 11.6 Å². The fraction of sp³-hybridized carbons (Fsp3) is 0.100. The number of halogens is 1. The third kappa shape index (κ3) is 3.08. The minimum atomic E-state index is -3.61. The number of sulfone groups is 1. The van der Waals surface area contributed by atoms with Crippen LogP contribution in [0.1, 0.15) is 10.4 Å². The van der Waals surface area contributed by atoms with Gasteiger partial charge in [0.2, 0.25) is 0 Å². The Morgan fingerprint density at radius 2 is 2.06 bits per heavy atom. The summed E-state index contributed by atoms with van der Waals surface area (Å²) in [6.45, 7) is 3.29. The van der Waals surface area contributed by atoms with E-state index in [0.29, 0.717) is 0 Å². The summed E-state index contributed by atoms with van der Waals surface area (Å²) in [6, 6.07) is 5.10. The highest BCUT2D eigenvalue weighted by Crippen LogP contribution is 2.16. The summed E-state index contributed by atoms with van der Waals surface area (Å²) in [7, 11) is -3.61. The molecule has 0 heterocycles. The quantitative estimate of drug-likeness (QED) is 0.898. The van der Waals surface area contributed by atoms with Gasteiger partial charge in [-0.05, 0) is 18.2 Å². The average molecular weight is 261 g/mol. The predicted octanol–water partition coefficient (Wildman–Crippen LogP) is 1.91. The highest BCUT2D eigenvalue weighted by Gasteiger charge is 2.16. The van der Waals surface area contributed by atoms with E-state index in [1.54, 1.807) is 0 Å². The lowest BCUT2D eigenvalue weighted by Crippen LogP contribution is -2.08. The van der Waals surface area contributed by atoms with Crippen molar-refractivity contribution in [2.45, 2.75) is 4.90 Å². The minimum Gasteiger partial charge on any atom is -0.478 e. The molecule has 4 nitrogen and oxygen atoms in total. The second-order valence-electron chi connectivity index (χ2n) is 3.11. The molecule has 0 aliphatic rings. The molecule has 0 saturated heterocycles. The lowest BCUT2D eigenvalue weighted by Gasteiger charge is -2.03. The standard InChI is InChI=1S/C10H9ClO4S/c1-7(11)6-16(14,15)9-4-2-3-8(5-9)10(12)13/h2-5H,1,6H2,(H,12,13). The molecule has 0 aliphatic carbocycles. The molecule has 0 unspecified atom stereocenters. The van der Waals surface area contributed by atoms with Gasteiger partial charge in [0.1, 0.15) is 0 Å². The van der Waals surface area contributed by atoms with E-state index in [0.717, 1.165) is 6.07 Å². The Balaban J connectivity index is 3.19. The second kappa shape index (κ2) is 4.67.